The molecule has 0 spiro atoms. The highest BCUT2D eigenvalue weighted by molar-refractivity contribution is 6.83. The second-order valence-corrected chi connectivity index (χ2v) is 12.0. The van der Waals surface area contributed by atoms with Crippen LogP contribution in [-0.2, 0) is 14.4 Å². The first-order chi connectivity index (χ1) is 13.0. The molecular weight excluding hydrogens is 376 g/mol. The average Bonchev–Trinajstić information content (AvgIpc) is 2.57. The fourth-order valence-electron chi connectivity index (χ4n) is 2.07. The maximum Gasteiger partial charge on any atom is 0.306 e. The number of carbonyl (C=O) groups is 3. The summed E-state index contributed by atoms with van der Waals surface area (Å²) in [6.07, 6.45) is -0.429. The minimum atomic E-state index is -1.70. The molecule has 0 fully saturated rings. The molecule has 0 aliphatic rings. The molecule has 2 amide bonds. The number of nitrogens with one attached hydrogen (secondary N) is 3. The summed E-state index contributed by atoms with van der Waals surface area (Å²) in [5, 5.41) is 21.5. The number of nitrogens with two attached hydrogens (primary N) is 1. The molecule has 150 valence electrons. The number of hydrogen-bond donors (Lipinski definition) is 5. The number of carbonyl (C=O) groups excluding carboxylic acids is 2. The van der Waals surface area contributed by atoms with Crippen molar-refractivity contribution < 1.29 is 19.5 Å². The van der Waals surface area contributed by atoms with Gasteiger partial charge in [-0.3, -0.25) is 19.8 Å². The van der Waals surface area contributed by atoms with Crippen molar-refractivity contribution in [1.29, 1.82) is 5.41 Å². The van der Waals surface area contributed by atoms with Crippen LogP contribution >= 0.6 is 0 Å². The molecule has 0 radical (unpaired) electrons. The fraction of sp³-hybridized carbons (Fsp3) is 0.368. The van der Waals surface area contributed by atoms with Crippen LogP contribution in [0.5, 0.6) is 0 Å². The van der Waals surface area contributed by atoms with Crippen molar-refractivity contribution in [3.63, 3.8) is 0 Å². The average molecular weight is 403 g/mol. The van der Waals surface area contributed by atoms with Crippen molar-refractivity contribution in [2.75, 3.05) is 5.32 Å². The second-order valence-electron chi connectivity index (χ2n) is 7.28. The Morgan fingerprint density at radius 1 is 1.14 bits per heavy atom. The Labute approximate surface area is 165 Å². The molecule has 0 saturated heterocycles. The number of carboxylic acid groups (broad SMARTS) is 1. The molecule has 0 aromatic heterocycles. The topological polar surface area (TPSA) is 145 Å². The molecule has 0 heterocycles. The Bertz CT molecular complexity index is 804. The minimum absolute atomic E-state index is 0.0540. The van der Waals surface area contributed by atoms with E-state index in [0.29, 0.717) is 11.3 Å². The van der Waals surface area contributed by atoms with E-state index < -0.39 is 26.0 Å². The Hall–Kier alpha value is -3.12. The summed E-state index contributed by atoms with van der Waals surface area (Å²) >= 11 is 0. The Morgan fingerprint density at radius 2 is 1.71 bits per heavy atom. The Kier molecular flexibility index (Phi) is 8.41. The molecular formula is C19H26N4O4Si. The van der Waals surface area contributed by atoms with E-state index in [1.807, 2.05) is 19.6 Å². The summed E-state index contributed by atoms with van der Waals surface area (Å²) in [6.45, 7) is 6.06. The van der Waals surface area contributed by atoms with E-state index in [4.69, 9.17) is 16.2 Å². The zero-order valence-corrected chi connectivity index (χ0v) is 17.3. The molecule has 1 aromatic carbocycles. The number of benzene rings is 1. The van der Waals surface area contributed by atoms with Crippen molar-refractivity contribution in [2.24, 2.45) is 5.73 Å². The summed E-state index contributed by atoms with van der Waals surface area (Å²) < 4.78 is 0. The van der Waals surface area contributed by atoms with Crippen LogP contribution in [0.2, 0.25) is 19.6 Å². The fourth-order valence-corrected chi connectivity index (χ4v) is 2.67. The van der Waals surface area contributed by atoms with Gasteiger partial charge in [0, 0.05) is 24.1 Å². The SMILES string of the molecule is C[Si](C)(C)C#CC(CC(=O)O)NC(=O)CCC(=O)Nc1ccc(C(=N)N)cc1. The van der Waals surface area contributed by atoms with Crippen LogP contribution in [0.3, 0.4) is 0 Å². The molecule has 9 heteroatoms. The molecule has 28 heavy (non-hydrogen) atoms. The zero-order valence-electron chi connectivity index (χ0n) is 16.3. The van der Waals surface area contributed by atoms with E-state index in [1.165, 1.54) is 0 Å². The first kappa shape index (κ1) is 22.9. The second kappa shape index (κ2) is 10.3. The van der Waals surface area contributed by atoms with E-state index in [2.05, 4.69) is 22.1 Å². The zero-order chi connectivity index (χ0) is 21.3. The molecule has 1 unspecified atom stereocenters. The lowest BCUT2D eigenvalue weighted by atomic mass is 10.2. The van der Waals surface area contributed by atoms with Gasteiger partial charge in [0.1, 0.15) is 20.0 Å². The van der Waals surface area contributed by atoms with E-state index in [0.717, 1.165) is 0 Å². The van der Waals surface area contributed by atoms with Crippen LogP contribution in [0.25, 0.3) is 0 Å². The lowest BCUT2D eigenvalue weighted by molar-refractivity contribution is -0.137. The number of hydrogen-bond acceptors (Lipinski definition) is 4. The van der Waals surface area contributed by atoms with Crippen molar-refractivity contribution in [1.82, 2.24) is 5.32 Å². The largest absolute Gasteiger partial charge is 0.481 e. The summed E-state index contributed by atoms with van der Waals surface area (Å²) in [5.41, 5.74) is 9.49. The monoisotopic (exact) mass is 402 g/mol. The Morgan fingerprint density at radius 3 is 2.21 bits per heavy atom. The lowest BCUT2D eigenvalue weighted by Crippen LogP contribution is -2.36. The van der Waals surface area contributed by atoms with Gasteiger partial charge >= 0.3 is 5.97 Å². The van der Waals surface area contributed by atoms with Gasteiger partial charge in [0.25, 0.3) is 0 Å². The van der Waals surface area contributed by atoms with Gasteiger partial charge < -0.3 is 21.5 Å². The van der Waals surface area contributed by atoms with Crippen LogP contribution < -0.4 is 16.4 Å². The van der Waals surface area contributed by atoms with Gasteiger partial charge in [0.15, 0.2) is 0 Å². The highest BCUT2D eigenvalue weighted by Crippen LogP contribution is 2.10. The van der Waals surface area contributed by atoms with Gasteiger partial charge in [0.2, 0.25) is 11.8 Å². The van der Waals surface area contributed by atoms with Crippen LogP contribution in [0.4, 0.5) is 5.69 Å². The van der Waals surface area contributed by atoms with E-state index in [-0.39, 0.29) is 31.0 Å². The first-order valence-corrected chi connectivity index (χ1v) is 12.2. The summed E-state index contributed by atoms with van der Waals surface area (Å²) in [6, 6.07) is 5.67. The number of carboxylic acids is 1. The lowest BCUT2D eigenvalue weighted by Gasteiger charge is -2.13. The summed E-state index contributed by atoms with van der Waals surface area (Å²) in [4.78, 5) is 35.0. The molecule has 1 atom stereocenters. The maximum atomic E-state index is 12.1. The number of nitrogen functional groups attached to an aromatic ring is 1. The number of amides is 2. The molecule has 0 saturated carbocycles. The molecule has 8 nitrogen and oxygen atoms in total. The minimum Gasteiger partial charge on any atom is -0.481 e. The van der Waals surface area contributed by atoms with Crippen molar-refractivity contribution >= 4 is 37.4 Å². The number of anilines is 1. The van der Waals surface area contributed by atoms with Gasteiger partial charge in [0.05, 0.1) is 6.42 Å². The number of amidine groups is 1. The smallest absolute Gasteiger partial charge is 0.306 e. The number of aliphatic carboxylic acids is 1. The van der Waals surface area contributed by atoms with Gasteiger partial charge in [-0.05, 0) is 24.3 Å². The van der Waals surface area contributed by atoms with Crippen molar-refractivity contribution in [3.05, 3.63) is 29.8 Å². The predicted molar refractivity (Wildman–Crippen MR) is 111 cm³/mol. The standard InChI is InChI=1S/C19H26N4O4Si/c1-28(2,3)11-10-15(12-18(26)27)23-17(25)9-8-16(24)22-14-6-4-13(5-7-14)19(20)21/h4-7,15H,8-9,12H2,1-3H3,(H3,20,21)(H,22,24)(H,23,25)(H,26,27). The Balaban J connectivity index is 2.55. The maximum absolute atomic E-state index is 12.1. The number of rotatable bonds is 8. The predicted octanol–water partition coefficient (Wildman–Crippen LogP) is 1.53. The van der Waals surface area contributed by atoms with Crippen LogP contribution in [-0.4, -0.2) is 42.8 Å². The molecule has 0 aliphatic carbocycles. The van der Waals surface area contributed by atoms with Crippen LogP contribution in [0.1, 0.15) is 24.8 Å². The third-order valence-electron chi connectivity index (χ3n) is 3.39. The third-order valence-corrected chi connectivity index (χ3v) is 4.29. The highest BCUT2D eigenvalue weighted by Gasteiger charge is 2.16. The third kappa shape index (κ3) is 9.54. The molecule has 6 N–H and O–H groups in total. The summed E-state index contributed by atoms with van der Waals surface area (Å²) in [7, 11) is -1.70. The summed E-state index contributed by atoms with van der Waals surface area (Å²) in [5.74, 6) is 0.929. The molecule has 1 rings (SSSR count). The molecule has 0 bridgehead atoms. The molecule has 0 aliphatic heterocycles. The van der Waals surface area contributed by atoms with Crippen LogP contribution in [0, 0.1) is 16.9 Å². The first-order valence-electron chi connectivity index (χ1n) is 8.74. The van der Waals surface area contributed by atoms with E-state index in [9.17, 15) is 14.4 Å². The van der Waals surface area contributed by atoms with E-state index >= 15 is 0 Å². The molecule has 1 aromatic rings. The van der Waals surface area contributed by atoms with Gasteiger partial charge in [-0.15, -0.1) is 5.54 Å². The highest BCUT2D eigenvalue weighted by atomic mass is 28.3. The van der Waals surface area contributed by atoms with Crippen LogP contribution in [0.15, 0.2) is 24.3 Å². The van der Waals surface area contributed by atoms with Crippen molar-refractivity contribution in [2.45, 2.75) is 44.9 Å². The van der Waals surface area contributed by atoms with E-state index in [1.54, 1.807) is 24.3 Å². The van der Waals surface area contributed by atoms with Crippen molar-refractivity contribution in [3.8, 4) is 11.5 Å². The normalized spacial score (nSPS) is 11.5. The van der Waals surface area contributed by atoms with Gasteiger partial charge in [-0.1, -0.05) is 25.6 Å². The van der Waals surface area contributed by atoms with Gasteiger partial charge in [-0.2, -0.15) is 0 Å². The van der Waals surface area contributed by atoms with Gasteiger partial charge in [-0.25, -0.2) is 0 Å². The quantitative estimate of drug-likeness (QED) is 0.194.